The van der Waals surface area contributed by atoms with Gasteiger partial charge in [-0.25, -0.2) is 8.42 Å². The highest BCUT2D eigenvalue weighted by molar-refractivity contribution is 9.11. The first kappa shape index (κ1) is 13.3. The molecule has 2 N–H and O–H groups in total. The molecular weight excluding hydrogens is 374 g/mol. The van der Waals surface area contributed by atoms with Gasteiger partial charge in [-0.05, 0) is 34.1 Å². The minimum atomic E-state index is -3.13. The largest absolute Gasteiger partial charge is 0.390 e. The van der Waals surface area contributed by atoms with E-state index >= 15 is 0 Å². The van der Waals surface area contributed by atoms with Gasteiger partial charge in [-0.2, -0.15) is 0 Å². The lowest BCUT2D eigenvalue weighted by Gasteiger charge is -2.17. The maximum Gasteiger partial charge on any atom is 0.155 e. The molecule has 1 aliphatic heterocycles. The van der Waals surface area contributed by atoms with E-state index in [-0.39, 0.29) is 11.5 Å². The molecule has 94 valence electrons. The van der Waals surface area contributed by atoms with Crippen LogP contribution in [0.15, 0.2) is 27.1 Å². The highest BCUT2D eigenvalue weighted by Gasteiger charge is 2.36. The summed E-state index contributed by atoms with van der Waals surface area (Å²) in [7, 11) is -3.13. The third-order valence-electron chi connectivity index (χ3n) is 2.59. The molecule has 2 rings (SSSR count). The smallest absolute Gasteiger partial charge is 0.155 e. The van der Waals surface area contributed by atoms with Crippen molar-refractivity contribution in [3.05, 3.63) is 27.1 Å². The molecule has 0 bridgehead atoms. The normalized spacial score (nSPS) is 27.0. The zero-order chi connectivity index (χ0) is 12.6. The molecule has 1 saturated heterocycles. The Bertz CT molecular complexity index is 532. The Hall–Kier alpha value is -0.110. The summed E-state index contributed by atoms with van der Waals surface area (Å²) in [4.78, 5) is 0. The Morgan fingerprint density at radius 3 is 2.59 bits per heavy atom. The van der Waals surface area contributed by atoms with E-state index in [1.165, 1.54) is 0 Å². The number of hydrogen-bond donors (Lipinski definition) is 2. The fourth-order valence-corrected chi connectivity index (χ4v) is 4.24. The summed E-state index contributed by atoms with van der Waals surface area (Å²) in [5.41, 5.74) is 0.764. The summed E-state index contributed by atoms with van der Waals surface area (Å²) >= 11 is 6.71. The van der Waals surface area contributed by atoms with Gasteiger partial charge in [-0.3, -0.25) is 0 Å². The van der Waals surface area contributed by atoms with Crippen molar-refractivity contribution < 1.29 is 13.5 Å². The van der Waals surface area contributed by atoms with Gasteiger partial charge in [-0.1, -0.05) is 15.9 Å². The van der Waals surface area contributed by atoms with Gasteiger partial charge in [0.1, 0.15) is 0 Å². The van der Waals surface area contributed by atoms with E-state index in [2.05, 4.69) is 37.2 Å². The summed E-state index contributed by atoms with van der Waals surface area (Å²) in [6.45, 7) is 0. The van der Waals surface area contributed by atoms with Crippen molar-refractivity contribution >= 4 is 47.4 Å². The lowest BCUT2D eigenvalue weighted by molar-refractivity contribution is 0.190. The summed E-state index contributed by atoms with van der Waals surface area (Å²) in [5.74, 6) is -0.205. The third-order valence-corrected chi connectivity index (χ3v) is 5.49. The van der Waals surface area contributed by atoms with Gasteiger partial charge in [0.2, 0.25) is 0 Å². The second kappa shape index (κ2) is 4.87. The van der Waals surface area contributed by atoms with Crippen molar-refractivity contribution in [3.63, 3.8) is 0 Å². The lowest BCUT2D eigenvalue weighted by atomic mass is 10.2. The Morgan fingerprint density at radius 1 is 1.29 bits per heavy atom. The molecule has 0 radical (unpaired) electrons. The molecule has 1 aliphatic rings. The highest BCUT2D eigenvalue weighted by atomic mass is 79.9. The number of benzene rings is 1. The van der Waals surface area contributed by atoms with Crippen molar-refractivity contribution in [2.75, 3.05) is 16.8 Å². The molecule has 1 aromatic carbocycles. The number of halogens is 2. The molecule has 2 unspecified atom stereocenters. The minimum Gasteiger partial charge on any atom is -0.390 e. The first-order chi connectivity index (χ1) is 7.87. The number of nitrogens with one attached hydrogen (secondary N) is 1. The van der Waals surface area contributed by atoms with Gasteiger partial charge in [0, 0.05) is 14.6 Å². The second-order valence-electron chi connectivity index (χ2n) is 4.02. The average molecular weight is 385 g/mol. The molecule has 2 atom stereocenters. The van der Waals surface area contributed by atoms with Crippen LogP contribution in [0.1, 0.15) is 0 Å². The van der Waals surface area contributed by atoms with Gasteiger partial charge in [0.15, 0.2) is 9.84 Å². The zero-order valence-electron chi connectivity index (χ0n) is 8.73. The summed E-state index contributed by atoms with van der Waals surface area (Å²) in [6, 6.07) is 5.10. The van der Waals surface area contributed by atoms with Crippen LogP contribution in [0.3, 0.4) is 0 Å². The van der Waals surface area contributed by atoms with E-state index in [0.717, 1.165) is 14.6 Å². The predicted octanol–water partition coefficient (Wildman–Crippen LogP) is 1.78. The van der Waals surface area contributed by atoms with Crippen LogP contribution in [0.4, 0.5) is 5.69 Å². The van der Waals surface area contributed by atoms with Crippen molar-refractivity contribution in [1.29, 1.82) is 0 Å². The van der Waals surface area contributed by atoms with Gasteiger partial charge in [0.25, 0.3) is 0 Å². The van der Waals surface area contributed by atoms with E-state index in [4.69, 9.17) is 0 Å². The maximum absolute atomic E-state index is 11.4. The Labute approximate surface area is 117 Å². The van der Waals surface area contributed by atoms with Crippen LogP contribution in [-0.2, 0) is 9.84 Å². The van der Waals surface area contributed by atoms with Crippen molar-refractivity contribution in [1.82, 2.24) is 0 Å². The van der Waals surface area contributed by atoms with E-state index < -0.39 is 22.0 Å². The molecule has 0 aliphatic carbocycles. The molecule has 4 nitrogen and oxygen atoms in total. The first-order valence-corrected chi connectivity index (χ1v) is 8.38. The average Bonchev–Trinajstić information content (AvgIpc) is 2.46. The maximum atomic E-state index is 11.4. The standard InChI is InChI=1S/C10H11Br2NO3S/c11-6-1-2-7(12)8(3-6)13-9-4-17(15,16)5-10(9)14/h1-3,9-10,13-14H,4-5H2. The number of hydrogen-bond acceptors (Lipinski definition) is 4. The van der Waals surface area contributed by atoms with Crippen molar-refractivity contribution in [2.24, 2.45) is 0 Å². The molecule has 1 heterocycles. The second-order valence-corrected chi connectivity index (χ2v) is 7.94. The quantitative estimate of drug-likeness (QED) is 0.815. The number of sulfone groups is 1. The Balaban J connectivity index is 2.19. The monoisotopic (exact) mass is 383 g/mol. The van der Waals surface area contributed by atoms with Crippen molar-refractivity contribution in [3.8, 4) is 0 Å². The SMILES string of the molecule is O=S1(=O)CC(O)C(Nc2cc(Br)ccc2Br)C1. The Morgan fingerprint density at radius 2 is 2.00 bits per heavy atom. The first-order valence-electron chi connectivity index (χ1n) is 4.97. The van der Waals surface area contributed by atoms with E-state index in [1.54, 1.807) is 0 Å². The lowest BCUT2D eigenvalue weighted by Crippen LogP contribution is -2.31. The van der Waals surface area contributed by atoms with Crippen LogP contribution >= 0.6 is 31.9 Å². The number of anilines is 1. The number of rotatable bonds is 2. The Kier molecular flexibility index (Phi) is 3.82. The van der Waals surface area contributed by atoms with Crippen LogP contribution in [0.25, 0.3) is 0 Å². The highest BCUT2D eigenvalue weighted by Crippen LogP contribution is 2.28. The van der Waals surface area contributed by atoms with E-state index in [9.17, 15) is 13.5 Å². The summed E-state index contributed by atoms with van der Waals surface area (Å²) in [5, 5.41) is 12.7. The molecule has 1 fully saturated rings. The van der Waals surface area contributed by atoms with Gasteiger partial charge in [0.05, 0.1) is 23.7 Å². The molecule has 1 aromatic rings. The molecular formula is C10H11Br2NO3S. The van der Waals surface area contributed by atoms with Crippen LogP contribution < -0.4 is 5.32 Å². The molecule has 7 heteroatoms. The van der Waals surface area contributed by atoms with Crippen LogP contribution in [0, 0.1) is 0 Å². The van der Waals surface area contributed by atoms with Gasteiger partial charge in [-0.15, -0.1) is 0 Å². The molecule has 17 heavy (non-hydrogen) atoms. The van der Waals surface area contributed by atoms with Crippen LogP contribution in [-0.4, -0.2) is 37.2 Å². The fourth-order valence-electron chi connectivity index (χ4n) is 1.77. The predicted molar refractivity (Wildman–Crippen MR) is 73.9 cm³/mol. The van der Waals surface area contributed by atoms with Gasteiger partial charge >= 0.3 is 0 Å². The fraction of sp³-hybridized carbons (Fsp3) is 0.400. The van der Waals surface area contributed by atoms with E-state index in [1.807, 2.05) is 18.2 Å². The zero-order valence-corrected chi connectivity index (χ0v) is 12.7. The van der Waals surface area contributed by atoms with Crippen LogP contribution in [0.5, 0.6) is 0 Å². The number of aliphatic hydroxyl groups is 1. The number of aliphatic hydroxyl groups excluding tert-OH is 1. The summed E-state index contributed by atoms with van der Waals surface area (Å²) in [6.07, 6.45) is -0.856. The minimum absolute atomic E-state index is 0.0346. The summed E-state index contributed by atoms with van der Waals surface area (Å²) < 4.78 is 24.5. The topological polar surface area (TPSA) is 66.4 Å². The molecule has 0 amide bonds. The molecule has 0 aromatic heterocycles. The molecule has 0 saturated carbocycles. The van der Waals surface area contributed by atoms with Crippen LogP contribution in [0.2, 0.25) is 0 Å². The third kappa shape index (κ3) is 3.21. The van der Waals surface area contributed by atoms with E-state index in [0.29, 0.717) is 0 Å². The van der Waals surface area contributed by atoms with Gasteiger partial charge < -0.3 is 10.4 Å². The van der Waals surface area contributed by atoms with Crippen molar-refractivity contribution in [2.45, 2.75) is 12.1 Å². The molecule has 0 spiro atoms.